The first-order chi connectivity index (χ1) is 5.34. The molecule has 1 aliphatic heterocycles. The molecule has 0 radical (unpaired) electrons. The van der Waals surface area contributed by atoms with Gasteiger partial charge >= 0.3 is 0 Å². The Morgan fingerprint density at radius 2 is 1.92 bits per heavy atom. The van der Waals surface area contributed by atoms with E-state index in [1.165, 1.54) is 0 Å². The van der Waals surface area contributed by atoms with Gasteiger partial charge in [-0.2, -0.15) is 0 Å². The minimum Gasteiger partial charge on any atom is -0.328 e. The van der Waals surface area contributed by atoms with Crippen LogP contribution in [-0.4, -0.2) is 30.1 Å². The Bertz CT molecular complexity index is 195. The Balaban J connectivity index is 2.78. The maximum atomic E-state index is 11.4. The number of rotatable bonds is 0. The van der Waals surface area contributed by atoms with Crippen LogP contribution in [0.25, 0.3) is 0 Å². The van der Waals surface area contributed by atoms with Gasteiger partial charge in [0, 0.05) is 7.05 Å². The standard InChI is InChI=1S/C9H18N2O/c1-6-7(12)11(5)8(10-6)9(2,3)4/h6,8,10H,1-5H3/t6-,8-/m0/s1. The largest absolute Gasteiger partial charge is 0.328 e. The number of hydrogen-bond acceptors (Lipinski definition) is 2. The monoisotopic (exact) mass is 170 g/mol. The number of carbonyl (C=O) groups excluding carboxylic acids is 1. The molecule has 1 rings (SSSR count). The summed E-state index contributed by atoms with van der Waals surface area (Å²) in [6, 6.07) is -0.0285. The van der Waals surface area contributed by atoms with Gasteiger partial charge in [0.15, 0.2) is 0 Å². The summed E-state index contributed by atoms with van der Waals surface area (Å²) in [5.74, 6) is 0.190. The minimum atomic E-state index is -0.0285. The summed E-state index contributed by atoms with van der Waals surface area (Å²) in [7, 11) is 1.86. The number of nitrogens with one attached hydrogen (secondary N) is 1. The number of amides is 1. The van der Waals surface area contributed by atoms with Crippen LogP contribution in [-0.2, 0) is 4.79 Å². The predicted molar refractivity (Wildman–Crippen MR) is 48.6 cm³/mol. The van der Waals surface area contributed by atoms with Crippen LogP contribution < -0.4 is 5.32 Å². The molecule has 2 atom stereocenters. The lowest BCUT2D eigenvalue weighted by Crippen LogP contribution is -2.45. The zero-order chi connectivity index (χ0) is 9.52. The second kappa shape index (κ2) is 2.73. The summed E-state index contributed by atoms with van der Waals surface area (Å²) in [5, 5.41) is 3.27. The topological polar surface area (TPSA) is 32.3 Å². The third kappa shape index (κ3) is 1.46. The Morgan fingerprint density at radius 3 is 2.08 bits per heavy atom. The second-order valence-electron chi connectivity index (χ2n) is 4.61. The van der Waals surface area contributed by atoms with Gasteiger partial charge in [-0.1, -0.05) is 20.8 Å². The molecule has 70 valence electrons. The van der Waals surface area contributed by atoms with E-state index < -0.39 is 0 Å². The molecular formula is C9H18N2O. The molecule has 0 saturated carbocycles. The number of hydrogen-bond donors (Lipinski definition) is 1. The van der Waals surface area contributed by atoms with Crippen LogP contribution in [0.3, 0.4) is 0 Å². The summed E-state index contributed by atoms with van der Waals surface area (Å²) in [6.07, 6.45) is 0.167. The molecule has 0 bridgehead atoms. The van der Waals surface area contributed by atoms with Gasteiger partial charge in [0.25, 0.3) is 0 Å². The van der Waals surface area contributed by atoms with E-state index >= 15 is 0 Å². The van der Waals surface area contributed by atoms with Crippen molar-refractivity contribution in [2.45, 2.75) is 39.9 Å². The molecule has 1 amide bonds. The van der Waals surface area contributed by atoms with Crippen LogP contribution in [0.5, 0.6) is 0 Å². The molecular weight excluding hydrogens is 152 g/mol. The fourth-order valence-corrected chi connectivity index (χ4v) is 1.68. The first-order valence-electron chi connectivity index (χ1n) is 4.37. The van der Waals surface area contributed by atoms with Gasteiger partial charge in [-0.3, -0.25) is 10.1 Å². The number of likely N-dealkylation sites (N-methyl/N-ethyl adjacent to an activating group) is 1. The van der Waals surface area contributed by atoms with E-state index in [0.29, 0.717) is 0 Å². The van der Waals surface area contributed by atoms with Crippen LogP contribution in [0.2, 0.25) is 0 Å². The van der Waals surface area contributed by atoms with Gasteiger partial charge in [0.1, 0.15) is 0 Å². The Kier molecular flexibility index (Phi) is 2.17. The van der Waals surface area contributed by atoms with Crippen LogP contribution in [0.1, 0.15) is 27.7 Å². The van der Waals surface area contributed by atoms with Crippen LogP contribution >= 0.6 is 0 Å². The van der Waals surface area contributed by atoms with Gasteiger partial charge < -0.3 is 4.90 Å². The predicted octanol–water partition coefficient (Wildman–Crippen LogP) is 0.809. The Morgan fingerprint density at radius 1 is 1.42 bits per heavy atom. The van der Waals surface area contributed by atoms with Crippen molar-refractivity contribution in [2.24, 2.45) is 5.41 Å². The highest BCUT2D eigenvalue weighted by atomic mass is 16.2. The highest BCUT2D eigenvalue weighted by Crippen LogP contribution is 2.25. The first kappa shape index (κ1) is 9.52. The normalized spacial score (nSPS) is 31.4. The molecule has 0 aliphatic carbocycles. The smallest absolute Gasteiger partial charge is 0.240 e. The van der Waals surface area contributed by atoms with Crippen molar-refractivity contribution in [3.05, 3.63) is 0 Å². The maximum absolute atomic E-state index is 11.4. The highest BCUT2D eigenvalue weighted by Gasteiger charge is 2.39. The van der Waals surface area contributed by atoms with Crippen LogP contribution in [0.4, 0.5) is 0 Å². The van der Waals surface area contributed by atoms with Gasteiger partial charge in [-0.15, -0.1) is 0 Å². The van der Waals surface area contributed by atoms with Crippen LogP contribution in [0.15, 0.2) is 0 Å². The van der Waals surface area contributed by atoms with Crippen molar-refractivity contribution in [3.8, 4) is 0 Å². The van der Waals surface area contributed by atoms with Gasteiger partial charge in [-0.05, 0) is 12.3 Å². The highest BCUT2D eigenvalue weighted by molar-refractivity contribution is 5.83. The zero-order valence-electron chi connectivity index (χ0n) is 8.51. The quantitative estimate of drug-likeness (QED) is 0.583. The molecule has 1 aliphatic rings. The fraction of sp³-hybridized carbons (Fsp3) is 0.889. The van der Waals surface area contributed by atoms with Crippen molar-refractivity contribution in [3.63, 3.8) is 0 Å². The third-order valence-corrected chi connectivity index (χ3v) is 2.33. The maximum Gasteiger partial charge on any atom is 0.240 e. The first-order valence-corrected chi connectivity index (χ1v) is 4.37. The van der Waals surface area contributed by atoms with Crippen molar-refractivity contribution in [2.75, 3.05) is 7.05 Å². The van der Waals surface area contributed by atoms with Crippen molar-refractivity contribution in [1.29, 1.82) is 0 Å². The average Bonchev–Trinajstić information content (AvgIpc) is 2.15. The zero-order valence-corrected chi connectivity index (χ0v) is 8.51. The SMILES string of the molecule is C[C@@H]1N[C@H](C(C)(C)C)N(C)C1=O. The van der Waals surface area contributed by atoms with Gasteiger partial charge in [0.05, 0.1) is 12.2 Å². The molecule has 0 unspecified atom stereocenters. The van der Waals surface area contributed by atoms with E-state index in [1.54, 1.807) is 4.90 Å². The summed E-state index contributed by atoms with van der Waals surface area (Å²) in [4.78, 5) is 13.2. The van der Waals surface area contributed by atoms with E-state index in [4.69, 9.17) is 0 Å². The summed E-state index contributed by atoms with van der Waals surface area (Å²) < 4.78 is 0. The van der Waals surface area contributed by atoms with E-state index in [2.05, 4.69) is 26.1 Å². The van der Waals surface area contributed by atoms with E-state index in [0.717, 1.165) is 0 Å². The molecule has 0 aromatic rings. The molecule has 1 N–H and O–H groups in total. The Hall–Kier alpha value is -0.570. The second-order valence-corrected chi connectivity index (χ2v) is 4.61. The minimum absolute atomic E-state index is 0.0285. The molecule has 1 fully saturated rings. The third-order valence-electron chi connectivity index (χ3n) is 2.33. The summed E-state index contributed by atoms with van der Waals surface area (Å²) in [6.45, 7) is 8.30. The summed E-state index contributed by atoms with van der Waals surface area (Å²) in [5.41, 5.74) is 0.106. The van der Waals surface area contributed by atoms with Crippen molar-refractivity contribution < 1.29 is 4.79 Å². The van der Waals surface area contributed by atoms with Gasteiger partial charge in [0.2, 0.25) is 5.91 Å². The molecule has 0 aromatic carbocycles. The lowest BCUT2D eigenvalue weighted by Gasteiger charge is -2.32. The van der Waals surface area contributed by atoms with Crippen molar-refractivity contribution in [1.82, 2.24) is 10.2 Å². The molecule has 3 heteroatoms. The average molecular weight is 170 g/mol. The lowest BCUT2D eigenvalue weighted by molar-refractivity contribution is -0.129. The lowest BCUT2D eigenvalue weighted by atomic mass is 9.92. The molecule has 3 nitrogen and oxygen atoms in total. The summed E-state index contributed by atoms with van der Waals surface area (Å²) >= 11 is 0. The number of carbonyl (C=O) groups is 1. The molecule has 0 spiro atoms. The molecule has 12 heavy (non-hydrogen) atoms. The van der Waals surface area contributed by atoms with E-state index in [1.807, 2.05) is 14.0 Å². The van der Waals surface area contributed by atoms with Gasteiger partial charge in [-0.25, -0.2) is 0 Å². The van der Waals surface area contributed by atoms with Crippen LogP contribution in [0, 0.1) is 5.41 Å². The number of nitrogens with zero attached hydrogens (tertiary/aromatic N) is 1. The Labute approximate surface area is 74.1 Å². The van der Waals surface area contributed by atoms with Crippen molar-refractivity contribution >= 4 is 5.91 Å². The molecule has 1 heterocycles. The molecule has 1 saturated heterocycles. The van der Waals surface area contributed by atoms with E-state index in [-0.39, 0.29) is 23.5 Å². The fourth-order valence-electron chi connectivity index (χ4n) is 1.68. The van der Waals surface area contributed by atoms with E-state index in [9.17, 15) is 4.79 Å². The molecule has 0 aromatic heterocycles.